The van der Waals surface area contributed by atoms with E-state index in [2.05, 4.69) is 5.32 Å². The number of hydrogen-bond acceptors (Lipinski definition) is 4. The number of fused-ring (bicyclic) bond motifs is 1. The summed E-state index contributed by atoms with van der Waals surface area (Å²) < 4.78 is 5.00. The number of aryl methyl sites for hydroxylation is 1. The molecule has 0 spiro atoms. The summed E-state index contributed by atoms with van der Waals surface area (Å²) in [5.41, 5.74) is 3.63. The van der Waals surface area contributed by atoms with Crippen molar-refractivity contribution in [3.8, 4) is 0 Å². The molecule has 1 aliphatic heterocycles. The molecule has 0 radical (unpaired) electrons. The quantitative estimate of drug-likeness (QED) is 0.744. The Kier molecular flexibility index (Phi) is 6.53. The van der Waals surface area contributed by atoms with Crippen molar-refractivity contribution in [1.29, 1.82) is 0 Å². The lowest BCUT2D eigenvalue weighted by Gasteiger charge is -2.29. The van der Waals surface area contributed by atoms with Crippen molar-refractivity contribution in [3.05, 3.63) is 59.2 Å². The van der Waals surface area contributed by atoms with Gasteiger partial charge in [0.2, 0.25) is 5.91 Å². The summed E-state index contributed by atoms with van der Waals surface area (Å²) in [7, 11) is 1.64. The number of nitrogens with zero attached hydrogens (tertiary/aromatic N) is 1. The predicted molar refractivity (Wildman–Crippen MR) is 108 cm³/mol. The Bertz CT molecular complexity index is 821. The van der Waals surface area contributed by atoms with Crippen LogP contribution >= 0.6 is 11.8 Å². The third-order valence-corrected chi connectivity index (χ3v) is 5.48. The maximum Gasteiger partial charge on any atom is 0.251 e. The molecule has 0 saturated carbocycles. The number of rotatable bonds is 7. The molecule has 27 heavy (non-hydrogen) atoms. The van der Waals surface area contributed by atoms with Crippen LogP contribution in [0.25, 0.3) is 0 Å². The average Bonchev–Trinajstić information content (AvgIpc) is 2.68. The van der Waals surface area contributed by atoms with Gasteiger partial charge in [-0.2, -0.15) is 0 Å². The highest BCUT2D eigenvalue weighted by Gasteiger charge is 2.26. The second kappa shape index (κ2) is 9.06. The summed E-state index contributed by atoms with van der Waals surface area (Å²) in [6.07, 6.45) is 0.765. The first-order chi connectivity index (χ1) is 13.1. The van der Waals surface area contributed by atoms with E-state index >= 15 is 0 Å². The molecule has 0 aliphatic carbocycles. The molecule has 1 N–H and O–H groups in total. The van der Waals surface area contributed by atoms with E-state index in [4.69, 9.17) is 4.74 Å². The van der Waals surface area contributed by atoms with Crippen LogP contribution in [0.4, 0.5) is 5.69 Å². The number of benzene rings is 2. The first-order valence-electron chi connectivity index (χ1n) is 8.98. The van der Waals surface area contributed by atoms with E-state index in [1.165, 1.54) is 17.3 Å². The van der Waals surface area contributed by atoms with Gasteiger partial charge < -0.3 is 15.0 Å². The fourth-order valence-corrected chi connectivity index (χ4v) is 3.83. The maximum atomic E-state index is 12.5. The van der Waals surface area contributed by atoms with Crippen LogP contribution in [0.5, 0.6) is 0 Å². The predicted octanol–water partition coefficient (Wildman–Crippen LogP) is 3.40. The minimum absolute atomic E-state index is 0.0609. The zero-order chi connectivity index (χ0) is 19.2. The minimum atomic E-state index is -0.132. The van der Waals surface area contributed by atoms with Gasteiger partial charge in [-0.05, 0) is 37.1 Å². The number of carbonyl (C=O) groups excluding carboxylic acids is 2. The standard InChI is InChI=1S/C21H24N2O3S/c1-15-4-6-16(7-5-15)13-23-18-12-17(21(25)22-10-3-11-26-2)8-9-19(18)27-14-20(23)24/h4-9,12H,3,10-11,13-14H2,1-2H3,(H,22,25). The van der Waals surface area contributed by atoms with Gasteiger partial charge in [0.25, 0.3) is 5.91 Å². The van der Waals surface area contributed by atoms with Gasteiger partial charge in [-0.1, -0.05) is 29.8 Å². The van der Waals surface area contributed by atoms with Gasteiger partial charge in [-0.15, -0.1) is 11.8 Å². The molecule has 0 saturated heterocycles. The highest BCUT2D eigenvalue weighted by molar-refractivity contribution is 8.00. The fourth-order valence-electron chi connectivity index (χ4n) is 2.91. The highest BCUT2D eigenvalue weighted by atomic mass is 32.2. The molecule has 5 nitrogen and oxygen atoms in total. The van der Waals surface area contributed by atoms with Gasteiger partial charge in [0, 0.05) is 30.7 Å². The molecule has 0 fully saturated rings. The normalized spacial score (nSPS) is 13.4. The maximum absolute atomic E-state index is 12.5. The average molecular weight is 385 g/mol. The van der Waals surface area contributed by atoms with Crippen molar-refractivity contribution in [3.63, 3.8) is 0 Å². The number of amides is 2. The van der Waals surface area contributed by atoms with E-state index < -0.39 is 0 Å². The molecule has 2 aromatic rings. The van der Waals surface area contributed by atoms with Crippen LogP contribution in [0.1, 0.15) is 27.9 Å². The van der Waals surface area contributed by atoms with E-state index in [-0.39, 0.29) is 11.8 Å². The van der Waals surface area contributed by atoms with Gasteiger partial charge in [0.05, 0.1) is 18.0 Å². The van der Waals surface area contributed by atoms with Crippen LogP contribution in [0.2, 0.25) is 0 Å². The zero-order valence-electron chi connectivity index (χ0n) is 15.7. The Morgan fingerprint density at radius 3 is 2.74 bits per heavy atom. The topological polar surface area (TPSA) is 58.6 Å². The van der Waals surface area contributed by atoms with Gasteiger partial charge in [-0.25, -0.2) is 0 Å². The van der Waals surface area contributed by atoms with Crippen molar-refractivity contribution in [2.24, 2.45) is 0 Å². The first kappa shape index (κ1) is 19.5. The van der Waals surface area contributed by atoms with Crippen LogP contribution < -0.4 is 10.2 Å². The summed E-state index contributed by atoms with van der Waals surface area (Å²) >= 11 is 1.52. The van der Waals surface area contributed by atoms with E-state index in [1.807, 2.05) is 49.4 Å². The van der Waals surface area contributed by atoms with Crippen molar-refractivity contribution in [2.75, 3.05) is 30.9 Å². The molecule has 6 heteroatoms. The minimum Gasteiger partial charge on any atom is -0.385 e. The summed E-state index contributed by atoms with van der Waals surface area (Å²) in [6, 6.07) is 13.7. The van der Waals surface area contributed by atoms with E-state index in [9.17, 15) is 9.59 Å². The van der Waals surface area contributed by atoms with Crippen LogP contribution in [0.15, 0.2) is 47.4 Å². The third kappa shape index (κ3) is 4.90. The zero-order valence-corrected chi connectivity index (χ0v) is 16.5. The number of methoxy groups -OCH3 is 1. The lowest BCUT2D eigenvalue weighted by atomic mass is 10.1. The Hall–Kier alpha value is -2.31. The fraction of sp³-hybridized carbons (Fsp3) is 0.333. The molecule has 3 rings (SSSR count). The SMILES string of the molecule is COCCCNC(=O)c1ccc2c(c1)N(Cc1ccc(C)cc1)C(=O)CS2. The lowest BCUT2D eigenvalue weighted by Crippen LogP contribution is -2.35. The molecule has 142 valence electrons. The monoisotopic (exact) mass is 384 g/mol. The Labute approximate surface area is 164 Å². The van der Waals surface area contributed by atoms with Gasteiger partial charge in [0.15, 0.2) is 0 Å². The lowest BCUT2D eigenvalue weighted by molar-refractivity contribution is -0.116. The summed E-state index contributed by atoms with van der Waals surface area (Å²) in [5, 5.41) is 2.89. The molecule has 0 bridgehead atoms. The highest BCUT2D eigenvalue weighted by Crippen LogP contribution is 2.36. The smallest absolute Gasteiger partial charge is 0.251 e. The van der Waals surface area contributed by atoms with E-state index in [1.54, 1.807) is 12.0 Å². The summed E-state index contributed by atoms with van der Waals surface area (Å²) in [6.45, 7) is 3.72. The Morgan fingerprint density at radius 1 is 1.22 bits per heavy atom. The molecule has 0 atom stereocenters. The van der Waals surface area contributed by atoms with Gasteiger partial charge in [-0.3, -0.25) is 9.59 Å². The van der Waals surface area contributed by atoms with Crippen LogP contribution in [0.3, 0.4) is 0 Å². The van der Waals surface area contributed by atoms with Crippen LogP contribution in [0, 0.1) is 6.92 Å². The van der Waals surface area contributed by atoms with Crippen molar-refractivity contribution in [2.45, 2.75) is 24.8 Å². The molecule has 0 unspecified atom stereocenters. The molecule has 1 heterocycles. The van der Waals surface area contributed by atoms with Gasteiger partial charge >= 0.3 is 0 Å². The number of thioether (sulfide) groups is 1. The molecular weight excluding hydrogens is 360 g/mol. The summed E-state index contributed by atoms with van der Waals surface area (Å²) in [5.74, 6) is 0.347. The Balaban J connectivity index is 1.79. The molecule has 0 aromatic heterocycles. The molecular formula is C21H24N2O3S. The van der Waals surface area contributed by atoms with E-state index in [0.29, 0.717) is 31.0 Å². The van der Waals surface area contributed by atoms with E-state index in [0.717, 1.165) is 22.6 Å². The number of ether oxygens (including phenoxy) is 1. The second-order valence-electron chi connectivity index (χ2n) is 6.54. The number of nitrogens with one attached hydrogen (secondary N) is 1. The second-order valence-corrected chi connectivity index (χ2v) is 7.56. The summed E-state index contributed by atoms with van der Waals surface area (Å²) in [4.78, 5) is 27.8. The van der Waals surface area contributed by atoms with Crippen LogP contribution in [-0.4, -0.2) is 37.8 Å². The molecule has 2 amide bonds. The Morgan fingerprint density at radius 2 is 2.00 bits per heavy atom. The molecule has 2 aromatic carbocycles. The largest absolute Gasteiger partial charge is 0.385 e. The molecule has 1 aliphatic rings. The van der Waals surface area contributed by atoms with Crippen molar-refractivity contribution >= 4 is 29.3 Å². The van der Waals surface area contributed by atoms with Crippen molar-refractivity contribution in [1.82, 2.24) is 5.32 Å². The number of hydrogen-bond donors (Lipinski definition) is 1. The van der Waals surface area contributed by atoms with Crippen molar-refractivity contribution < 1.29 is 14.3 Å². The number of anilines is 1. The van der Waals surface area contributed by atoms with Gasteiger partial charge in [0.1, 0.15) is 0 Å². The number of carbonyl (C=O) groups is 2. The third-order valence-electron chi connectivity index (χ3n) is 4.44. The van der Waals surface area contributed by atoms with Crippen LogP contribution in [-0.2, 0) is 16.1 Å². The first-order valence-corrected chi connectivity index (χ1v) is 9.97.